The van der Waals surface area contributed by atoms with Gasteiger partial charge in [0.1, 0.15) is 0 Å². The fourth-order valence-electron chi connectivity index (χ4n) is 0.846. The zero-order valence-electron chi connectivity index (χ0n) is 9.65. The van der Waals surface area contributed by atoms with Gasteiger partial charge in [-0.15, -0.1) is 0 Å². The number of nitrogens with one attached hydrogen (secondary N) is 1. The molecule has 0 bridgehead atoms. The summed E-state index contributed by atoms with van der Waals surface area (Å²) in [5, 5.41) is 20.2. The van der Waals surface area contributed by atoms with Gasteiger partial charge in [-0.05, 0) is 13.3 Å². The van der Waals surface area contributed by atoms with E-state index in [1.54, 1.807) is 0 Å². The number of hydrogen-bond donors (Lipinski definition) is 3. The first-order valence-electron chi connectivity index (χ1n) is 5.20. The van der Waals surface area contributed by atoms with Crippen LogP contribution in [0.4, 0.5) is 0 Å². The summed E-state index contributed by atoms with van der Waals surface area (Å²) in [4.78, 5) is 21.7. The van der Waals surface area contributed by atoms with Crippen LogP contribution in [0.15, 0.2) is 0 Å². The van der Waals surface area contributed by atoms with Crippen molar-refractivity contribution in [3.63, 3.8) is 0 Å². The molecule has 94 valence electrons. The van der Waals surface area contributed by atoms with E-state index in [4.69, 9.17) is 9.84 Å². The van der Waals surface area contributed by atoms with Crippen LogP contribution >= 0.6 is 0 Å². The lowest BCUT2D eigenvalue weighted by Crippen LogP contribution is -2.46. The van der Waals surface area contributed by atoms with Gasteiger partial charge in [0.2, 0.25) is 5.91 Å². The average Bonchev–Trinajstić information content (AvgIpc) is 2.21. The van der Waals surface area contributed by atoms with Gasteiger partial charge in [-0.25, -0.2) is 4.79 Å². The Bertz CT molecular complexity index is 239. The number of amides is 1. The number of rotatable bonds is 8. The van der Waals surface area contributed by atoms with Crippen LogP contribution in [0.5, 0.6) is 0 Å². The van der Waals surface area contributed by atoms with E-state index in [9.17, 15) is 14.7 Å². The molecule has 0 heterocycles. The molecule has 0 aliphatic carbocycles. The van der Waals surface area contributed by atoms with Crippen molar-refractivity contribution in [1.29, 1.82) is 0 Å². The van der Waals surface area contributed by atoms with Gasteiger partial charge in [0.25, 0.3) is 0 Å². The van der Waals surface area contributed by atoms with Crippen LogP contribution in [0.3, 0.4) is 0 Å². The largest absolute Gasteiger partial charge is 0.479 e. The van der Waals surface area contributed by atoms with Crippen LogP contribution in [0.2, 0.25) is 0 Å². The summed E-state index contributed by atoms with van der Waals surface area (Å²) in [5.41, 5.74) is -1.93. The smallest absolute Gasteiger partial charge is 0.337 e. The number of carbonyl (C=O) groups excluding carboxylic acids is 1. The maximum atomic E-state index is 11.2. The Kier molecular flexibility index (Phi) is 6.67. The topological polar surface area (TPSA) is 95.9 Å². The van der Waals surface area contributed by atoms with E-state index < -0.39 is 11.6 Å². The fraction of sp³-hybridized carbons (Fsp3) is 0.800. The van der Waals surface area contributed by atoms with E-state index in [1.807, 2.05) is 6.92 Å². The van der Waals surface area contributed by atoms with Crippen molar-refractivity contribution in [1.82, 2.24) is 5.32 Å². The SMILES string of the molecule is CCCOCCC(=O)NCC(C)(O)C(=O)O. The number of carboxylic acid groups (broad SMARTS) is 1. The second-order valence-corrected chi connectivity index (χ2v) is 3.72. The molecule has 1 atom stereocenters. The van der Waals surface area contributed by atoms with Crippen LogP contribution in [-0.2, 0) is 14.3 Å². The minimum Gasteiger partial charge on any atom is -0.479 e. The Morgan fingerprint density at radius 3 is 2.50 bits per heavy atom. The molecule has 0 aliphatic heterocycles. The van der Waals surface area contributed by atoms with E-state index in [1.165, 1.54) is 0 Å². The summed E-state index contributed by atoms with van der Waals surface area (Å²) in [5.74, 6) is -1.70. The van der Waals surface area contributed by atoms with Gasteiger partial charge in [0.05, 0.1) is 13.2 Å². The van der Waals surface area contributed by atoms with Gasteiger partial charge in [-0.3, -0.25) is 4.79 Å². The molecule has 0 rings (SSSR count). The normalized spacial score (nSPS) is 14.2. The van der Waals surface area contributed by atoms with Gasteiger partial charge < -0.3 is 20.3 Å². The first-order valence-corrected chi connectivity index (χ1v) is 5.20. The summed E-state index contributed by atoms with van der Waals surface area (Å²) in [6.07, 6.45) is 1.05. The average molecular weight is 233 g/mol. The zero-order valence-corrected chi connectivity index (χ0v) is 9.65. The highest BCUT2D eigenvalue weighted by molar-refractivity contribution is 5.80. The highest BCUT2D eigenvalue weighted by atomic mass is 16.5. The van der Waals surface area contributed by atoms with Crippen LogP contribution in [0, 0.1) is 0 Å². The van der Waals surface area contributed by atoms with Crippen molar-refractivity contribution in [2.24, 2.45) is 0 Å². The summed E-state index contributed by atoms with van der Waals surface area (Å²) in [6, 6.07) is 0. The first-order chi connectivity index (χ1) is 7.40. The third-order valence-corrected chi connectivity index (χ3v) is 1.91. The second kappa shape index (κ2) is 7.19. The predicted octanol–water partition coefficient (Wildman–Crippen LogP) is -0.245. The second-order valence-electron chi connectivity index (χ2n) is 3.72. The molecule has 16 heavy (non-hydrogen) atoms. The Morgan fingerprint density at radius 1 is 1.38 bits per heavy atom. The van der Waals surface area contributed by atoms with Gasteiger partial charge in [0, 0.05) is 13.0 Å². The molecule has 0 aromatic heterocycles. The van der Waals surface area contributed by atoms with Crippen molar-refractivity contribution in [3.8, 4) is 0 Å². The molecule has 0 saturated heterocycles. The van der Waals surface area contributed by atoms with Gasteiger partial charge in [-0.1, -0.05) is 6.92 Å². The van der Waals surface area contributed by atoms with Crippen LogP contribution in [0.25, 0.3) is 0 Å². The third kappa shape index (κ3) is 6.36. The summed E-state index contributed by atoms with van der Waals surface area (Å²) < 4.78 is 5.09. The number of carbonyl (C=O) groups is 2. The lowest BCUT2D eigenvalue weighted by atomic mass is 10.1. The number of aliphatic carboxylic acids is 1. The molecule has 1 unspecified atom stereocenters. The Labute approximate surface area is 94.6 Å². The molecule has 6 heteroatoms. The molecule has 1 amide bonds. The molecular weight excluding hydrogens is 214 g/mol. The van der Waals surface area contributed by atoms with E-state index >= 15 is 0 Å². The predicted molar refractivity (Wildman–Crippen MR) is 57.0 cm³/mol. The van der Waals surface area contributed by atoms with E-state index in [0.717, 1.165) is 13.3 Å². The molecule has 0 aromatic rings. The standard InChI is InChI=1S/C10H19NO5/c1-3-5-16-6-4-8(12)11-7-10(2,15)9(13)14/h15H,3-7H2,1-2H3,(H,11,12)(H,13,14). The van der Waals surface area contributed by atoms with E-state index in [2.05, 4.69) is 5.32 Å². The minimum absolute atomic E-state index is 0.162. The fourth-order valence-corrected chi connectivity index (χ4v) is 0.846. The maximum Gasteiger partial charge on any atom is 0.337 e. The van der Waals surface area contributed by atoms with Crippen molar-refractivity contribution in [2.45, 2.75) is 32.3 Å². The molecule has 6 nitrogen and oxygen atoms in total. The Hall–Kier alpha value is -1.14. The summed E-state index contributed by atoms with van der Waals surface area (Å²) in [7, 11) is 0. The number of carboxylic acids is 1. The maximum absolute atomic E-state index is 11.2. The monoisotopic (exact) mass is 233 g/mol. The molecular formula is C10H19NO5. The van der Waals surface area contributed by atoms with Crippen LogP contribution in [-0.4, -0.2) is 47.4 Å². The lowest BCUT2D eigenvalue weighted by molar-refractivity contribution is -0.156. The van der Waals surface area contributed by atoms with Gasteiger partial charge in [0.15, 0.2) is 5.60 Å². The van der Waals surface area contributed by atoms with Crippen molar-refractivity contribution < 1.29 is 24.5 Å². The molecule has 0 aromatic carbocycles. The van der Waals surface area contributed by atoms with Crippen LogP contribution < -0.4 is 5.32 Å². The molecule has 0 aliphatic rings. The van der Waals surface area contributed by atoms with Crippen molar-refractivity contribution in [3.05, 3.63) is 0 Å². The quantitative estimate of drug-likeness (QED) is 0.503. The van der Waals surface area contributed by atoms with E-state index in [0.29, 0.717) is 13.2 Å². The molecule has 0 saturated carbocycles. The molecule has 0 fully saturated rings. The Morgan fingerprint density at radius 2 is 2.00 bits per heavy atom. The van der Waals surface area contributed by atoms with Crippen molar-refractivity contribution in [2.75, 3.05) is 19.8 Å². The van der Waals surface area contributed by atoms with Gasteiger partial charge in [-0.2, -0.15) is 0 Å². The molecule has 3 N–H and O–H groups in total. The summed E-state index contributed by atoms with van der Waals surface area (Å²) in [6.45, 7) is 3.68. The number of aliphatic hydroxyl groups is 1. The highest BCUT2D eigenvalue weighted by Crippen LogP contribution is 2.00. The number of hydrogen-bond acceptors (Lipinski definition) is 4. The molecule has 0 radical (unpaired) electrons. The van der Waals surface area contributed by atoms with Crippen LogP contribution in [0.1, 0.15) is 26.7 Å². The summed E-state index contributed by atoms with van der Waals surface area (Å²) >= 11 is 0. The number of ether oxygens (including phenoxy) is 1. The lowest BCUT2D eigenvalue weighted by Gasteiger charge is -2.18. The third-order valence-electron chi connectivity index (χ3n) is 1.91. The first kappa shape index (κ1) is 14.9. The highest BCUT2D eigenvalue weighted by Gasteiger charge is 2.30. The Balaban J connectivity index is 3.69. The minimum atomic E-state index is -1.93. The zero-order chi connectivity index (χ0) is 12.6. The molecule has 0 spiro atoms. The van der Waals surface area contributed by atoms with Crippen molar-refractivity contribution >= 4 is 11.9 Å². The van der Waals surface area contributed by atoms with Gasteiger partial charge >= 0.3 is 5.97 Å². The van der Waals surface area contributed by atoms with E-state index in [-0.39, 0.29) is 18.9 Å².